The number of amides is 1. The predicted molar refractivity (Wildman–Crippen MR) is 146 cm³/mol. The highest BCUT2D eigenvalue weighted by Gasteiger charge is 2.18. The van der Waals surface area contributed by atoms with Gasteiger partial charge in [0.2, 0.25) is 5.91 Å². The molecule has 4 aromatic rings. The number of fused-ring (bicyclic) bond motifs is 1. The minimum Gasteiger partial charge on any atom is -0.478 e. The number of carboxylic acid groups (broad SMARTS) is 1. The summed E-state index contributed by atoms with van der Waals surface area (Å²) in [5.41, 5.74) is 4.04. The van der Waals surface area contributed by atoms with E-state index >= 15 is 0 Å². The van der Waals surface area contributed by atoms with Gasteiger partial charge in [-0.2, -0.15) is 5.26 Å². The molecule has 8 heteroatoms. The number of carbonyl (C=O) groups excluding carboxylic acids is 1. The summed E-state index contributed by atoms with van der Waals surface area (Å²) in [5, 5.41) is 22.7. The van der Waals surface area contributed by atoms with E-state index in [2.05, 4.69) is 28.3 Å². The molecule has 2 aromatic carbocycles. The number of aromatic carboxylic acids is 1. The third kappa shape index (κ3) is 6.13. The predicted octanol–water partition coefficient (Wildman–Crippen LogP) is 6.33. The number of nitrogens with one attached hydrogen (secondary N) is 1. The molecule has 4 rings (SSSR count). The molecule has 0 saturated heterocycles. The standard InChI is InChI=1S/C29H26N4O3S/c1-3-4-7-21-15-12-20(17-30)28(32-21)37-18(2)27(34)31-22-13-10-19(11-14-22)26-16-24(29(35)36)23-8-5-6-9-25(23)33-26/h5-6,8-16,18H,3-4,7H2,1-2H3,(H,31,34)(H,35,36). The molecule has 0 fully saturated rings. The largest absolute Gasteiger partial charge is 0.478 e. The van der Waals surface area contributed by atoms with Gasteiger partial charge in [-0.3, -0.25) is 4.79 Å². The van der Waals surface area contributed by atoms with E-state index in [-0.39, 0.29) is 11.5 Å². The first-order valence-corrected chi connectivity index (χ1v) is 12.9. The average molecular weight is 511 g/mol. The van der Waals surface area contributed by atoms with Gasteiger partial charge in [-0.05, 0) is 56.2 Å². The number of para-hydroxylation sites is 1. The number of rotatable bonds is 9. The van der Waals surface area contributed by atoms with Gasteiger partial charge in [-0.15, -0.1) is 0 Å². The fourth-order valence-electron chi connectivity index (χ4n) is 3.84. The van der Waals surface area contributed by atoms with Gasteiger partial charge in [0.05, 0.1) is 27.6 Å². The van der Waals surface area contributed by atoms with Crippen molar-refractivity contribution in [3.63, 3.8) is 0 Å². The number of unbranched alkanes of at least 4 members (excludes halogenated alkanes) is 1. The van der Waals surface area contributed by atoms with Gasteiger partial charge in [0, 0.05) is 22.3 Å². The van der Waals surface area contributed by atoms with Crippen LogP contribution in [0.25, 0.3) is 22.2 Å². The first kappa shape index (κ1) is 25.9. The number of pyridine rings is 2. The number of carbonyl (C=O) groups is 2. The van der Waals surface area contributed by atoms with Crippen LogP contribution in [0.1, 0.15) is 48.3 Å². The number of carboxylic acids is 1. The Morgan fingerprint density at radius 3 is 2.54 bits per heavy atom. The highest BCUT2D eigenvalue weighted by atomic mass is 32.2. The van der Waals surface area contributed by atoms with Gasteiger partial charge in [-0.25, -0.2) is 14.8 Å². The maximum Gasteiger partial charge on any atom is 0.336 e. The van der Waals surface area contributed by atoms with Gasteiger partial charge in [0.1, 0.15) is 11.1 Å². The summed E-state index contributed by atoms with van der Waals surface area (Å²) in [5.74, 6) is -1.22. The number of benzene rings is 2. The van der Waals surface area contributed by atoms with E-state index in [1.165, 1.54) is 11.8 Å². The lowest BCUT2D eigenvalue weighted by molar-refractivity contribution is -0.115. The molecule has 2 aromatic heterocycles. The molecule has 1 unspecified atom stereocenters. The summed E-state index contributed by atoms with van der Waals surface area (Å²) in [4.78, 5) is 33.9. The number of nitrogens with zero attached hydrogens (tertiary/aromatic N) is 3. The van der Waals surface area contributed by atoms with Crippen LogP contribution in [-0.4, -0.2) is 32.2 Å². The smallest absolute Gasteiger partial charge is 0.336 e. The maximum absolute atomic E-state index is 12.9. The van der Waals surface area contributed by atoms with Crippen molar-refractivity contribution in [1.82, 2.24) is 9.97 Å². The molecule has 186 valence electrons. The van der Waals surface area contributed by atoms with Gasteiger partial charge >= 0.3 is 5.97 Å². The lowest BCUT2D eigenvalue weighted by atomic mass is 10.0. The van der Waals surface area contributed by atoms with Crippen LogP contribution < -0.4 is 5.32 Å². The van der Waals surface area contributed by atoms with Gasteiger partial charge < -0.3 is 10.4 Å². The van der Waals surface area contributed by atoms with E-state index in [1.807, 2.05) is 12.1 Å². The molecule has 37 heavy (non-hydrogen) atoms. The second-order valence-corrected chi connectivity index (χ2v) is 9.90. The number of thioether (sulfide) groups is 1. The Balaban J connectivity index is 1.48. The number of aromatic nitrogens is 2. The van der Waals surface area contributed by atoms with E-state index in [0.29, 0.717) is 32.9 Å². The topological polar surface area (TPSA) is 116 Å². The van der Waals surface area contributed by atoms with E-state index < -0.39 is 11.2 Å². The number of anilines is 1. The molecule has 1 amide bonds. The van der Waals surface area contributed by atoms with Crippen molar-refractivity contribution in [3.05, 3.63) is 83.6 Å². The average Bonchev–Trinajstić information content (AvgIpc) is 2.91. The van der Waals surface area contributed by atoms with Crippen LogP contribution >= 0.6 is 11.8 Å². The number of nitriles is 1. The quantitative estimate of drug-likeness (QED) is 0.253. The van der Waals surface area contributed by atoms with E-state index in [4.69, 9.17) is 0 Å². The van der Waals surface area contributed by atoms with Crippen LogP contribution in [0.15, 0.2) is 71.8 Å². The second kappa shape index (κ2) is 11.7. The lowest BCUT2D eigenvalue weighted by Gasteiger charge is -2.13. The Kier molecular flexibility index (Phi) is 8.16. The van der Waals surface area contributed by atoms with Crippen molar-refractivity contribution in [1.29, 1.82) is 5.26 Å². The monoisotopic (exact) mass is 510 g/mol. The molecule has 7 nitrogen and oxygen atoms in total. The summed E-state index contributed by atoms with van der Waals surface area (Å²) in [6.45, 7) is 3.90. The van der Waals surface area contributed by atoms with Gasteiger partial charge in [0.25, 0.3) is 0 Å². The lowest BCUT2D eigenvalue weighted by Crippen LogP contribution is -2.22. The summed E-state index contributed by atoms with van der Waals surface area (Å²) < 4.78 is 0. The molecular formula is C29H26N4O3S. The second-order valence-electron chi connectivity index (χ2n) is 8.57. The van der Waals surface area contributed by atoms with Crippen molar-refractivity contribution in [2.24, 2.45) is 0 Å². The zero-order valence-corrected chi connectivity index (χ0v) is 21.4. The van der Waals surface area contributed by atoms with E-state index in [9.17, 15) is 20.0 Å². The van der Waals surface area contributed by atoms with Crippen molar-refractivity contribution in [2.75, 3.05) is 5.32 Å². The zero-order valence-electron chi connectivity index (χ0n) is 20.6. The third-order valence-corrected chi connectivity index (χ3v) is 6.98. The molecule has 0 spiro atoms. The Labute approximate surface area is 219 Å². The molecule has 2 N–H and O–H groups in total. The Bertz CT molecular complexity index is 1500. The van der Waals surface area contributed by atoms with Crippen LogP contribution in [0.5, 0.6) is 0 Å². The van der Waals surface area contributed by atoms with Crippen molar-refractivity contribution >= 4 is 40.2 Å². The Morgan fingerprint density at radius 1 is 1.08 bits per heavy atom. The first-order chi connectivity index (χ1) is 17.9. The molecule has 0 aliphatic carbocycles. The minimum absolute atomic E-state index is 0.188. The molecule has 0 aliphatic heterocycles. The third-order valence-electron chi connectivity index (χ3n) is 5.88. The van der Waals surface area contributed by atoms with E-state index in [0.717, 1.165) is 30.5 Å². The van der Waals surface area contributed by atoms with Gasteiger partial charge in [0.15, 0.2) is 0 Å². The minimum atomic E-state index is -1.01. The highest BCUT2D eigenvalue weighted by molar-refractivity contribution is 8.00. The molecule has 2 heterocycles. The van der Waals surface area contributed by atoms with Crippen LogP contribution in [0.4, 0.5) is 5.69 Å². The fourth-order valence-corrected chi connectivity index (χ4v) is 4.75. The van der Waals surface area contributed by atoms with E-state index in [1.54, 1.807) is 61.5 Å². The Morgan fingerprint density at radius 2 is 1.84 bits per heavy atom. The van der Waals surface area contributed by atoms with Crippen LogP contribution in [-0.2, 0) is 11.2 Å². The fraction of sp³-hybridized carbons (Fsp3) is 0.207. The zero-order chi connectivity index (χ0) is 26.4. The Hall–Kier alpha value is -4.22. The maximum atomic E-state index is 12.9. The van der Waals surface area contributed by atoms with Crippen molar-refractivity contribution in [3.8, 4) is 17.3 Å². The number of hydrogen-bond acceptors (Lipinski definition) is 6. The highest BCUT2D eigenvalue weighted by Crippen LogP contribution is 2.28. The number of hydrogen-bond donors (Lipinski definition) is 2. The molecule has 1 atom stereocenters. The summed E-state index contributed by atoms with van der Waals surface area (Å²) in [7, 11) is 0. The van der Waals surface area contributed by atoms with Crippen molar-refractivity contribution < 1.29 is 14.7 Å². The summed E-state index contributed by atoms with van der Waals surface area (Å²) in [6.07, 6.45) is 2.91. The van der Waals surface area contributed by atoms with Gasteiger partial charge in [-0.1, -0.05) is 55.4 Å². The molecular weight excluding hydrogens is 484 g/mol. The van der Waals surface area contributed by atoms with Crippen LogP contribution in [0.3, 0.4) is 0 Å². The van der Waals surface area contributed by atoms with Crippen LogP contribution in [0.2, 0.25) is 0 Å². The van der Waals surface area contributed by atoms with Crippen molar-refractivity contribution in [2.45, 2.75) is 43.4 Å². The molecule has 0 radical (unpaired) electrons. The molecule has 0 bridgehead atoms. The summed E-state index contributed by atoms with van der Waals surface area (Å²) >= 11 is 1.26. The molecule has 0 aliphatic rings. The number of aryl methyl sites for hydroxylation is 1. The SMILES string of the molecule is CCCCc1ccc(C#N)c(SC(C)C(=O)Nc2ccc(-c3cc(C(=O)O)c4ccccc4n3)cc2)n1. The first-order valence-electron chi connectivity index (χ1n) is 12.0. The summed E-state index contributed by atoms with van der Waals surface area (Å²) in [6, 6.07) is 21.6. The molecule has 0 saturated carbocycles. The normalized spacial score (nSPS) is 11.6. The van der Waals surface area contributed by atoms with Crippen LogP contribution in [0, 0.1) is 11.3 Å².